The third-order valence-corrected chi connectivity index (χ3v) is 2.98. The van der Waals surface area contributed by atoms with Crippen molar-refractivity contribution in [2.24, 2.45) is 5.41 Å². The highest BCUT2D eigenvalue weighted by molar-refractivity contribution is 6.48. The average Bonchev–Trinajstić information content (AvgIpc) is 2.14. The first-order chi connectivity index (χ1) is 7.30. The van der Waals surface area contributed by atoms with Crippen molar-refractivity contribution in [1.29, 1.82) is 0 Å². The molecule has 1 radical (unpaired) electrons. The second-order valence-electron chi connectivity index (χ2n) is 5.26. The van der Waals surface area contributed by atoms with Gasteiger partial charge in [-0.05, 0) is 24.1 Å². The molecular formula is C12H20NO2Si. The maximum absolute atomic E-state index is 11.0. The molecule has 1 atom stereocenters. The second-order valence-corrected chi connectivity index (χ2v) is 7.32. The summed E-state index contributed by atoms with van der Waals surface area (Å²) in [6, 6.07) is 3.68. The van der Waals surface area contributed by atoms with Crippen LogP contribution in [0.25, 0.3) is 0 Å². The predicted molar refractivity (Wildman–Crippen MR) is 66.2 cm³/mol. The van der Waals surface area contributed by atoms with Crippen molar-refractivity contribution in [2.45, 2.75) is 40.0 Å². The van der Waals surface area contributed by atoms with Gasteiger partial charge in [-0.1, -0.05) is 20.8 Å². The summed E-state index contributed by atoms with van der Waals surface area (Å²) in [5.41, 5.74) is 1.11. The summed E-state index contributed by atoms with van der Waals surface area (Å²) in [5, 5.41) is 11.0. The topological polar surface area (TPSA) is 36.2 Å². The molecule has 16 heavy (non-hydrogen) atoms. The van der Waals surface area contributed by atoms with Crippen LogP contribution in [0.2, 0.25) is 13.1 Å². The average molecular weight is 238 g/mol. The third kappa shape index (κ3) is 3.61. The van der Waals surface area contributed by atoms with Crippen molar-refractivity contribution < 1.29 is 9.16 Å². The maximum Gasteiger partial charge on any atom is 0.205 e. The Bertz CT molecular complexity index is 330. The molecule has 0 saturated carbocycles. The Hall–Kier alpha value is -0.873. The van der Waals surface area contributed by atoms with Gasteiger partial charge in [-0.2, -0.15) is 4.73 Å². The molecule has 4 heteroatoms. The predicted octanol–water partition coefficient (Wildman–Crippen LogP) is 2.67. The van der Waals surface area contributed by atoms with Gasteiger partial charge in [0, 0.05) is 12.1 Å². The lowest BCUT2D eigenvalue weighted by atomic mass is 9.85. The van der Waals surface area contributed by atoms with E-state index in [9.17, 15) is 5.21 Å². The number of hydrogen-bond acceptors (Lipinski definition) is 2. The molecule has 89 valence electrons. The van der Waals surface area contributed by atoms with E-state index in [1.807, 2.05) is 12.1 Å². The number of pyridine rings is 1. The SMILES string of the molecule is C[Si](C)OC(c1cc[n+]([O-])cc1)C(C)(C)C. The Balaban J connectivity index is 2.97. The number of rotatable bonds is 3. The second kappa shape index (κ2) is 4.97. The van der Waals surface area contributed by atoms with Crippen LogP contribution >= 0.6 is 0 Å². The molecular weight excluding hydrogens is 218 g/mol. The molecule has 0 saturated heterocycles. The fraction of sp³-hybridized carbons (Fsp3) is 0.583. The zero-order valence-electron chi connectivity index (χ0n) is 10.7. The minimum Gasteiger partial charge on any atom is -0.619 e. The summed E-state index contributed by atoms with van der Waals surface area (Å²) in [6.45, 7) is 10.7. The van der Waals surface area contributed by atoms with Gasteiger partial charge >= 0.3 is 0 Å². The lowest BCUT2D eigenvalue weighted by Crippen LogP contribution is -2.28. The van der Waals surface area contributed by atoms with Crippen LogP contribution in [0.15, 0.2) is 24.5 Å². The van der Waals surface area contributed by atoms with Gasteiger partial charge in [0.2, 0.25) is 9.04 Å². The summed E-state index contributed by atoms with van der Waals surface area (Å²) in [6.07, 6.45) is 3.10. The van der Waals surface area contributed by atoms with E-state index in [0.29, 0.717) is 0 Å². The van der Waals surface area contributed by atoms with Gasteiger partial charge in [0.1, 0.15) is 0 Å². The Kier molecular flexibility index (Phi) is 4.10. The van der Waals surface area contributed by atoms with Crippen molar-refractivity contribution in [3.63, 3.8) is 0 Å². The first-order valence-electron chi connectivity index (χ1n) is 5.46. The molecule has 0 aliphatic heterocycles. The Labute approximate surface area is 99.4 Å². The van der Waals surface area contributed by atoms with Crippen LogP contribution in [0.3, 0.4) is 0 Å². The molecule has 0 aliphatic carbocycles. The minimum absolute atomic E-state index is 0.0387. The normalized spacial score (nSPS) is 14.1. The van der Waals surface area contributed by atoms with E-state index in [-0.39, 0.29) is 11.5 Å². The molecule has 0 aliphatic rings. The highest BCUT2D eigenvalue weighted by Gasteiger charge is 2.28. The van der Waals surface area contributed by atoms with Crippen molar-refractivity contribution in [2.75, 3.05) is 0 Å². The molecule has 0 bridgehead atoms. The van der Waals surface area contributed by atoms with Crippen molar-refractivity contribution in [3.05, 3.63) is 35.3 Å². The molecule has 1 rings (SSSR count). The van der Waals surface area contributed by atoms with Crippen LogP contribution in [0.5, 0.6) is 0 Å². The molecule has 3 nitrogen and oxygen atoms in total. The van der Waals surface area contributed by atoms with E-state index in [4.69, 9.17) is 4.43 Å². The highest BCUT2D eigenvalue weighted by atomic mass is 28.3. The first-order valence-corrected chi connectivity index (χ1v) is 7.87. The maximum atomic E-state index is 11.0. The van der Waals surface area contributed by atoms with E-state index < -0.39 is 9.04 Å². The van der Waals surface area contributed by atoms with Crippen LogP contribution in [0, 0.1) is 10.6 Å². The molecule has 0 aromatic carbocycles. The smallest absolute Gasteiger partial charge is 0.205 e. The standard InChI is InChI=1S/C12H20NO2Si/c1-12(2,3)11(15-16(4)5)10-6-8-13(14)9-7-10/h6-9,11H,1-5H3. The lowest BCUT2D eigenvalue weighted by molar-refractivity contribution is -0.605. The Morgan fingerprint density at radius 1 is 1.25 bits per heavy atom. The summed E-state index contributed by atoms with van der Waals surface area (Å²) < 4.78 is 6.83. The van der Waals surface area contributed by atoms with Crippen LogP contribution in [0.1, 0.15) is 32.4 Å². The first kappa shape index (κ1) is 13.2. The van der Waals surface area contributed by atoms with Gasteiger partial charge in [0.15, 0.2) is 12.4 Å². The lowest BCUT2D eigenvalue weighted by Gasteiger charge is -2.32. The van der Waals surface area contributed by atoms with Gasteiger partial charge in [-0.25, -0.2) is 0 Å². The molecule has 0 spiro atoms. The molecule has 1 aromatic heterocycles. The monoisotopic (exact) mass is 238 g/mol. The zero-order chi connectivity index (χ0) is 12.3. The number of nitrogens with zero attached hydrogens (tertiary/aromatic N) is 1. The summed E-state index contributed by atoms with van der Waals surface area (Å²) >= 11 is 0. The summed E-state index contributed by atoms with van der Waals surface area (Å²) in [7, 11) is -0.758. The van der Waals surface area contributed by atoms with E-state index >= 15 is 0 Å². The van der Waals surface area contributed by atoms with E-state index in [1.54, 1.807) is 0 Å². The zero-order valence-corrected chi connectivity index (χ0v) is 11.7. The fourth-order valence-corrected chi connectivity index (χ4v) is 2.54. The van der Waals surface area contributed by atoms with Crippen molar-refractivity contribution in [1.82, 2.24) is 0 Å². The molecule has 0 fully saturated rings. The van der Waals surface area contributed by atoms with Crippen LogP contribution < -0.4 is 4.73 Å². The molecule has 0 amide bonds. The van der Waals surface area contributed by atoms with Crippen LogP contribution in [0.4, 0.5) is 0 Å². The Morgan fingerprint density at radius 2 is 1.75 bits per heavy atom. The van der Waals surface area contributed by atoms with Crippen molar-refractivity contribution >= 4 is 9.04 Å². The molecule has 0 N–H and O–H groups in total. The number of aromatic nitrogens is 1. The quantitative estimate of drug-likeness (QED) is 0.461. The summed E-state index contributed by atoms with van der Waals surface area (Å²) in [5.74, 6) is 0. The number of hydrogen-bond donors (Lipinski definition) is 0. The third-order valence-electron chi connectivity index (χ3n) is 2.27. The summed E-state index contributed by atoms with van der Waals surface area (Å²) in [4.78, 5) is 0. The van der Waals surface area contributed by atoms with Crippen molar-refractivity contribution in [3.8, 4) is 0 Å². The molecule has 1 aromatic rings. The van der Waals surface area contributed by atoms with Gasteiger partial charge in [-0.3, -0.25) is 0 Å². The van der Waals surface area contributed by atoms with E-state index in [0.717, 1.165) is 10.3 Å². The van der Waals surface area contributed by atoms with Gasteiger partial charge in [0.25, 0.3) is 0 Å². The molecule has 1 unspecified atom stereocenters. The Morgan fingerprint density at radius 3 is 2.12 bits per heavy atom. The van der Waals surface area contributed by atoms with Gasteiger partial charge in [0.05, 0.1) is 6.10 Å². The van der Waals surface area contributed by atoms with Gasteiger partial charge < -0.3 is 9.63 Å². The highest BCUT2D eigenvalue weighted by Crippen LogP contribution is 2.36. The largest absolute Gasteiger partial charge is 0.619 e. The van der Waals surface area contributed by atoms with E-state index in [2.05, 4.69) is 33.9 Å². The van der Waals surface area contributed by atoms with E-state index in [1.165, 1.54) is 12.4 Å². The fourth-order valence-electron chi connectivity index (χ4n) is 1.58. The molecule has 1 heterocycles. The van der Waals surface area contributed by atoms with Crippen LogP contribution in [-0.2, 0) is 4.43 Å². The minimum atomic E-state index is -0.758. The van der Waals surface area contributed by atoms with Crippen LogP contribution in [-0.4, -0.2) is 9.04 Å². The van der Waals surface area contributed by atoms with Gasteiger partial charge in [-0.15, -0.1) is 0 Å².